The highest BCUT2D eigenvalue weighted by molar-refractivity contribution is 6.35. The summed E-state index contributed by atoms with van der Waals surface area (Å²) >= 11 is 0. The standard InChI is InChI=1S/C20H16N4O2/c21-20(26)23-14-6-7-18-16(9-14)17(19(25)24-18)10-15-8-13(11-22-15)12-4-2-1-3-5-12/h1-11,22H,(H,24,25)(H3,21,23,26)/b17-10-. The van der Waals surface area contributed by atoms with Gasteiger partial charge >= 0.3 is 6.03 Å². The summed E-state index contributed by atoms with van der Waals surface area (Å²) in [5.74, 6) is -0.188. The van der Waals surface area contributed by atoms with Gasteiger partial charge in [0, 0.05) is 28.8 Å². The van der Waals surface area contributed by atoms with Crippen molar-refractivity contribution in [1.29, 1.82) is 0 Å². The van der Waals surface area contributed by atoms with Gasteiger partial charge in [-0.2, -0.15) is 0 Å². The van der Waals surface area contributed by atoms with Crippen LogP contribution in [0.2, 0.25) is 0 Å². The number of hydrogen-bond acceptors (Lipinski definition) is 2. The predicted molar refractivity (Wildman–Crippen MR) is 102 cm³/mol. The highest BCUT2D eigenvalue weighted by Crippen LogP contribution is 2.35. The maximum atomic E-state index is 12.3. The fraction of sp³-hybridized carbons (Fsp3) is 0. The molecule has 2 heterocycles. The van der Waals surface area contributed by atoms with Gasteiger partial charge in [-0.15, -0.1) is 0 Å². The zero-order valence-electron chi connectivity index (χ0n) is 13.7. The van der Waals surface area contributed by atoms with Crippen molar-refractivity contribution >= 4 is 35.0 Å². The average Bonchev–Trinajstić information content (AvgIpc) is 3.21. The lowest BCUT2D eigenvalue weighted by Gasteiger charge is -2.04. The van der Waals surface area contributed by atoms with Crippen LogP contribution in [0.3, 0.4) is 0 Å². The van der Waals surface area contributed by atoms with E-state index in [0.29, 0.717) is 16.9 Å². The number of rotatable bonds is 3. The lowest BCUT2D eigenvalue weighted by Crippen LogP contribution is -2.19. The summed E-state index contributed by atoms with van der Waals surface area (Å²) in [5.41, 5.74) is 10.6. The predicted octanol–water partition coefficient (Wildman–Crippen LogP) is 3.67. The van der Waals surface area contributed by atoms with Crippen LogP contribution in [-0.2, 0) is 4.79 Å². The molecule has 0 aliphatic carbocycles. The maximum Gasteiger partial charge on any atom is 0.316 e. The zero-order chi connectivity index (χ0) is 18.1. The number of fused-ring (bicyclic) bond motifs is 1. The smallest absolute Gasteiger partial charge is 0.316 e. The Morgan fingerprint density at radius 1 is 1.04 bits per heavy atom. The Hall–Kier alpha value is -3.80. The molecule has 2 aromatic carbocycles. The van der Waals surface area contributed by atoms with Crippen LogP contribution in [0.15, 0.2) is 60.8 Å². The van der Waals surface area contributed by atoms with Crippen molar-refractivity contribution in [3.63, 3.8) is 0 Å². The number of anilines is 2. The highest BCUT2D eigenvalue weighted by Gasteiger charge is 2.24. The van der Waals surface area contributed by atoms with Gasteiger partial charge in [-0.1, -0.05) is 30.3 Å². The van der Waals surface area contributed by atoms with E-state index in [1.165, 1.54) is 0 Å². The number of nitrogens with two attached hydrogens (primary N) is 1. The second kappa shape index (κ2) is 6.25. The summed E-state index contributed by atoms with van der Waals surface area (Å²) < 4.78 is 0. The minimum atomic E-state index is -0.648. The summed E-state index contributed by atoms with van der Waals surface area (Å²) in [6.45, 7) is 0. The van der Waals surface area contributed by atoms with Crippen molar-refractivity contribution in [2.45, 2.75) is 0 Å². The molecule has 1 aliphatic heterocycles. The summed E-state index contributed by atoms with van der Waals surface area (Å²) in [5, 5.41) is 5.35. The van der Waals surface area contributed by atoms with Crippen LogP contribution < -0.4 is 16.4 Å². The van der Waals surface area contributed by atoms with E-state index in [2.05, 4.69) is 15.6 Å². The van der Waals surface area contributed by atoms with Crippen molar-refractivity contribution in [1.82, 2.24) is 4.98 Å². The topological polar surface area (TPSA) is 100 Å². The monoisotopic (exact) mass is 344 g/mol. The number of amides is 3. The maximum absolute atomic E-state index is 12.3. The van der Waals surface area contributed by atoms with Crippen molar-refractivity contribution in [3.05, 3.63) is 72.1 Å². The van der Waals surface area contributed by atoms with Crippen LogP contribution in [0.1, 0.15) is 11.3 Å². The second-order valence-corrected chi connectivity index (χ2v) is 5.97. The van der Waals surface area contributed by atoms with E-state index in [4.69, 9.17) is 5.73 Å². The van der Waals surface area contributed by atoms with E-state index in [9.17, 15) is 9.59 Å². The minimum Gasteiger partial charge on any atom is -0.361 e. The van der Waals surface area contributed by atoms with Gasteiger partial charge in [0.25, 0.3) is 5.91 Å². The third kappa shape index (κ3) is 2.95. The zero-order valence-corrected chi connectivity index (χ0v) is 13.7. The van der Waals surface area contributed by atoms with E-state index in [1.807, 2.05) is 42.6 Å². The van der Waals surface area contributed by atoms with Crippen molar-refractivity contribution in [3.8, 4) is 11.1 Å². The Morgan fingerprint density at radius 3 is 2.62 bits per heavy atom. The van der Waals surface area contributed by atoms with E-state index < -0.39 is 6.03 Å². The SMILES string of the molecule is NC(=O)Nc1ccc2c(c1)/C(=C/c1cc(-c3ccccc3)c[nH]1)C(=O)N2. The van der Waals surface area contributed by atoms with E-state index in [0.717, 1.165) is 22.4 Å². The number of primary amides is 1. The molecule has 1 aliphatic rings. The number of aromatic nitrogens is 1. The Balaban J connectivity index is 1.69. The number of nitrogens with one attached hydrogen (secondary N) is 3. The van der Waals surface area contributed by atoms with Crippen LogP contribution in [-0.4, -0.2) is 16.9 Å². The van der Waals surface area contributed by atoms with Gasteiger partial charge in [0.15, 0.2) is 0 Å². The molecule has 0 bridgehead atoms. The number of urea groups is 1. The third-order valence-corrected chi connectivity index (χ3v) is 4.18. The lowest BCUT2D eigenvalue weighted by atomic mass is 10.0. The fourth-order valence-corrected chi connectivity index (χ4v) is 3.00. The number of carbonyl (C=O) groups excluding carboxylic acids is 2. The van der Waals surface area contributed by atoms with Crippen LogP contribution in [0.25, 0.3) is 22.8 Å². The summed E-state index contributed by atoms with van der Waals surface area (Å²) in [4.78, 5) is 26.6. The molecule has 0 radical (unpaired) electrons. The number of hydrogen-bond donors (Lipinski definition) is 4. The first-order chi connectivity index (χ1) is 12.6. The molecule has 128 valence electrons. The van der Waals surface area contributed by atoms with Gasteiger partial charge in [0.1, 0.15) is 0 Å². The Labute approximate surface area is 149 Å². The second-order valence-electron chi connectivity index (χ2n) is 5.97. The van der Waals surface area contributed by atoms with Crippen molar-refractivity contribution in [2.75, 3.05) is 10.6 Å². The quantitative estimate of drug-likeness (QED) is 0.545. The minimum absolute atomic E-state index is 0.188. The molecule has 0 fully saturated rings. The van der Waals surface area contributed by atoms with E-state index in [-0.39, 0.29) is 5.91 Å². The number of aromatic amines is 1. The molecule has 0 saturated carbocycles. The van der Waals surface area contributed by atoms with Crippen molar-refractivity contribution < 1.29 is 9.59 Å². The lowest BCUT2D eigenvalue weighted by molar-refractivity contribution is -0.110. The first-order valence-electron chi connectivity index (χ1n) is 8.08. The largest absolute Gasteiger partial charge is 0.361 e. The molecule has 0 saturated heterocycles. The van der Waals surface area contributed by atoms with E-state index in [1.54, 1.807) is 24.3 Å². The van der Waals surface area contributed by atoms with Crippen LogP contribution in [0, 0.1) is 0 Å². The molecular weight excluding hydrogens is 328 g/mol. The average molecular weight is 344 g/mol. The van der Waals surface area contributed by atoms with Gasteiger partial charge in [0.2, 0.25) is 0 Å². The van der Waals surface area contributed by atoms with Gasteiger partial charge in [-0.25, -0.2) is 4.79 Å². The molecular formula is C20H16N4O2. The highest BCUT2D eigenvalue weighted by atomic mass is 16.2. The molecule has 3 amide bonds. The van der Waals surface area contributed by atoms with Gasteiger partial charge in [-0.3, -0.25) is 4.79 Å². The first kappa shape index (κ1) is 15.7. The Kier molecular flexibility index (Phi) is 3.78. The number of H-pyrrole nitrogens is 1. The molecule has 3 aromatic rings. The summed E-state index contributed by atoms with van der Waals surface area (Å²) in [6, 6.07) is 16.5. The van der Waals surface area contributed by atoms with E-state index >= 15 is 0 Å². The normalized spacial score (nSPS) is 14.2. The Morgan fingerprint density at radius 2 is 1.85 bits per heavy atom. The molecule has 0 atom stereocenters. The molecule has 0 spiro atoms. The molecule has 0 unspecified atom stereocenters. The number of benzene rings is 2. The molecule has 5 N–H and O–H groups in total. The molecule has 26 heavy (non-hydrogen) atoms. The number of carbonyl (C=O) groups is 2. The van der Waals surface area contributed by atoms with Gasteiger partial charge in [0.05, 0.1) is 5.57 Å². The molecule has 4 rings (SSSR count). The first-order valence-corrected chi connectivity index (χ1v) is 8.08. The Bertz CT molecular complexity index is 1030. The van der Waals surface area contributed by atoms with Crippen LogP contribution in [0.5, 0.6) is 0 Å². The van der Waals surface area contributed by atoms with Crippen LogP contribution in [0.4, 0.5) is 16.2 Å². The van der Waals surface area contributed by atoms with Crippen LogP contribution >= 0.6 is 0 Å². The summed E-state index contributed by atoms with van der Waals surface area (Å²) in [6.07, 6.45) is 3.70. The third-order valence-electron chi connectivity index (χ3n) is 4.18. The van der Waals surface area contributed by atoms with Gasteiger partial charge < -0.3 is 21.4 Å². The molecule has 6 nitrogen and oxygen atoms in total. The summed E-state index contributed by atoms with van der Waals surface area (Å²) in [7, 11) is 0. The molecule has 1 aromatic heterocycles. The van der Waals surface area contributed by atoms with Gasteiger partial charge in [-0.05, 0) is 41.5 Å². The fourth-order valence-electron chi connectivity index (χ4n) is 3.00. The molecule has 6 heteroatoms. The van der Waals surface area contributed by atoms with Crippen molar-refractivity contribution in [2.24, 2.45) is 5.73 Å².